The Balaban J connectivity index is 1.93. The third kappa shape index (κ3) is 2.05. The topological polar surface area (TPSA) is 49.4 Å². The second-order valence-electron chi connectivity index (χ2n) is 5.06. The minimum absolute atomic E-state index is 0.00672. The zero-order chi connectivity index (χ0) is 13.5. The van der Waals surface area contributed by atoms with Gasteiger partial charge < -0.3 is 10.2 Å². The van der Waals surface area contributed by atoms with Crippen LogP contribution in [0.15, 0.2) is 12.1 Å². The Morgan fingerprint density at radius 2 is 2.11 bits per heavy atom. The average Bonchev–Trinajstić information content (AvgIpc) is 3.02. The van der Waals surface area contributed by atoms with Gasteiger partial charge in [0.2, 0.25) is 5.91 Å². The molecule has 1 saturated heterocycles. The second-order valence-corrected chi connectivity index (χ2v) is 6.77. The van der Waals surface area contributed by atoms with Crippen molar-refractivity contribution in [3.8, 4) is 0 Å². The molecule has 2 heterocycles. The van der Waals surface area contributed by atoms with Gasteiger partial charge >= 0.3 is 0 Å². The summed E-state index contributed by atoms with van der Waals surface area (Å²) in [6.45, 7) is 1.12. The van der Waals surface area contributed by atoms with Crippen LogP contribution in [-0.2, 0) is 4.79 Å². The fourth-order valence-corrected chi connectivity index (χ4v) is 4.09. The molecule has 1 aliphatic heterocycles. The molecule has 0 unspecified atom stereocenters. The zero-order valence-electron chi connectivity index (χ0n) is 10.4. The molecule has 0 aromatic carbocycles. The van der Waals surface area contributed by atoms with E-state index in [0.717, 1.165) is 25.7 Å². The SMILES string of the molecule is O=C(c1ccc(Cl)s1)N1CCNC(=O)C12CCCC2. The number of nitrogens with zero attached hydrogens (tertiary/aromatic N) is 1. The number of amides is 2. The van der Waals surface area contributed by atoms with Crippen molar-refractivity contribution >= 4 is 34.8 Å². The first-order chi connectivity index (χ1) is 9.13. The van der Waals surface area contributed by atoms with Gasteiger partial charge in [0.15, 0.2) is 0 Å². The van der Waals surface area contributed by atoms with E-state index >= 15 is 0 Å². The third-order valence-electron chi connectivity index (χ3n) is 4.02. The van der Waals surface area contributed by atoms with Gasteiger partial charge in [-0.25, -0.2) is 0 Å². The molecule has 0 radical (unpaired) electrons. The van der Waals surface area contributed by atoms with Crippen molar-refractivity contribution in [2.75, 3.05) is 13.1 Å². The molecule has 1 aliphatic carbocycles. The summed E-state index contributed by atoms with van der Waals surface area (Å²) in [4.78, 5) is 27.2. The number of carbonyl (C=O) groups is 2. The smallest absolute Gasteiger partial charge is 0.264 e. The summed E-state index contributed by atoms with van der Waals surface area (Å²) >= 11 is 7.17. The molecule has 2 amide bonds. The maximum Gasteiger partial charge on any atom is 0.264 e. The minimum Gasteiger partial charge on any atom is -0.352 e. The van der Waals surface area contributed by atoms with E-state index in [1.165, 1.54) is 11.3 Å². The number of hydrogen-bond acceptors (Lipinski definition) is 3. The summed E-state index contributed by atoms with van der Waals surface area (Å²) in [7, 11) is 0. The highest BCUT2D eigenvalue weighted by Gasteiger charge is 2.50. The molecule has 1 aromatic heterocycles. The highest BCUT2D eigenvalue weighted by Crippen LogP contribution is 2.38. The highest BCUT2D eigenvalue weighted by atomic mass is 35.5. The molecule has 1 saturated carbocycles. The Bertz CT molecular complexity index is 522. The summed E-state index contributed by atoms with van der Waals surface area (Å²) in [5, 5.41) is 2.90. The standard InChI is InChI=1S/C13H15ClN2O2S/c14-10-4-3-9(19-10)11(17)16-8-7-15-12(18)13(16)5-1-2-6-13/h3-4H,1-2,5-8H2,(H,15,18). The lowest BCUT2D eigenvalue weighted by Crippen LogP contribution is -2.65. The average molecular weight is 299 g/mol. The van der Waals surface area contributed by atoms with Crippen molar-refractivity contribution in [2.24, 2.45) is 0 Å². The van der Waals surface area contributed by atoms with E-state index < -0.39 is 5.54 Å². The van der Waals surface area contributed by atoms with Crippen LogP contribution in [0.2, 0.25) is 4.34 Å². The number of piperazine rings is 1. The van der Waals surface area contributed by atoms with Gasteiger partial charge in [0, 0.05) is 13.1 Å². The fraction of sp³-hybridized carbons (Fsp3) is 0.538. The van der Waals surface area contributed by atoms with Gasteiger partial charge in [-0.3, -0.25) is 9.59 Å². The van der Waals surface area contributed by atoms with Crippen molar-refractivity contribution in [2.45, 2.75) is 31.2 Å². The fourth-order valence-electron chi connectivity index (χ4n) is 3.10. The maximum absolute atomic E-state index is 12.6. The first-order valence-corrected chi connectivity index (χ1v) is 7.68. The molecule has 0 bridgehead atoms. The van der Waals surface area contributed by atoms with E-state index in [2.05, 4.69) is 5.32 Å². The first-order valence-electron chi connectivity index (χ1n) is 6.49. The van der Waals surface area contributed by atoms with E-state index in [1.807, 2.05) is 0 Å². The Morgan fingerprint density at radius 3 is 2.74 bits per heavy atom. The monoisotopic (exact) mass is 298 g/mol. The Kier molecular flexibility index (Phi) is 3.27. The summed E-state index contributed by atoms with van der Waals surface area (Å²) in [5.74, 6) is -0.0547. The van der Waals surface area contributed by atoms with Crippen LogP contribution in [0.25, 0.3) is 0 Å². The van der Waals surface area contributed by atoms with Gasteiger partial charge in [-0.2, -0.15) is 0 Å². The lowest BCUT2D eigenvalue weighted by molar-refractivity contribution is -0.134. The molecule has 0 atom stereocenters. The molecule has 2 aliphatic rings. The highest BCUT2D eigenvalue weighted by molar-refractivity contribution is 7.18. The lowest BCUT2D eigenvalue weighted by Gasteiger charge is -2.43. The molecule has 102 valence electrons. The van der Waals surface area contributed by atoms with Crippen molar-refractivity contribution in [3.63, 3.8) is 0 Å². The van der Waals surface area contributed by atoms with Gasteiger partial charge in [0.25, 0.3) is 5.91 Å². The van der Waals surface area contributed by atoms with Crippen LogP contribution in [-0.4, -0.2) is 35.3 Å². The largest absolute Gasteiger partial charge is 0.352 e. The van der Waals surface area contributed by atoms with Crippen molar-refractivity contribution in [1.82, 2.24) is 10.2 Å². The number of hydrogen-bond donors (Lipinski definition) is 1. The Labute approximate surface area is 120 Å². The van der Waals surface area contributed by atoms with Crippen LogP contribution in [0.3, 0.4) is 0 Å². The molecule has 1 N–H and O–H groups in total. The van der Waals surface area contributed by atoms with Gasteiger partial charge in [-0.1, -0.05) is 24.4 Å². The van der Waals surface area contributed by atoms with E-state index in [4.69, 9.17) is 11.6 Å². The van der Waals surface area contributed by atoms with Crippen LogP contribution < -0.4 is 5.32 Å². The van der Waals surface area contributed by atoms with E-state index in [0.29, 0.717) is 22.3 Å². The number of thiophene rings is 1. The molecule has 4 nitrogen and oxygen atoms in total. The molecule has 1 aromatic rings. The van der Waals surface area contributed by atoms with E-state index in [9.17, 15) is 9.59 Å². The number of halogens is 1. The van der Waals surface area contributed by atoms with Crippen LogP contribution >= 0.6 is 22.9 Å². The molecular formula is C13H15ClN2O2S. The molecule has 1 spiro atoms. The van der Waals surface area contributed by atoms with E-state index in [1.54, 1.807) is 17.0 Å². The predicted molar refractivity (Wildman–Crippen MR) is 74.6 cm³/mol. The summed E-state index contributed by atoms with van der Waals surface area (Å²) in [6, 6.07) is 3.47. The molecule has 3 rings (SSSR count). The first kappa shape index (κ1) is 12.9. The van der Waals surface area contributed by atoms with Gasteiger partial charge in [0.1, 0.15) is 5.54 Å². The van der Waals surface area contributed by atoms with Crippen molar-refractivity contribution < 1.29 is 9.59 Å². The summed E-state index contributed by atoms with van der Waals surface area (Å²) < 4.78 is 0.602. The zero-order valence-corrected chi connectivity index (χ0v) is 12.0. The number of carbonyl (C=O) groups excluding carboxylic acids is 2. The summed E-state index contributed by atoms with van der Waals surface area (Å²) in [5.41, 5.74) is -0.619. The third-order valence-corrected chi connectivity index (χ3v) is 5.24. The van der Waals surface area contributed by atoms with Crippen LogP contribution in [0, 0.1) is 0 Å². The van der Waals surface area contributed by atoms with Crippen LogP contribution in [0.4, 0.5) is 0 Å². The van der Waals surface area contributed by atoms with Gasteiger partial charge in [-0.05, 0) is 25.0 Å². The van der Waals surface area contributed by atoms with Crippen molar-refractivity contribution in [1.29, 1.82) is 0 Å². The normalized spacial score (nSPS) is 21.7. The quantitative estimate of drug-likeness (QED) is 0.865. The Morgan fingerprint density at radius 1 is 1.37 bits per heavy atom. The second kappa shape index (κ2) is 4.80. The predicted octanol–water partition coefficient (Wildman–Crippen LogP) is 2.29. The molecule has 2 fully saturated rings. The van der Waals surface area contributed by atoms with Gasteiger partial charge in [0.05, 0.1) is 9.21 Å². The van der Waals surface area contributed by atoms with E-state index in [-0.39, 0.29) is 11.8 Å². The Hall–Kier alpha value is -1.07. The summed E-state index contributed by atoms with van der Waals surface area (Å²) in [6.07, 6.45) is 3.54. The van der Waals surface area contributed by atoms with Crippen molar-refractivity contribution in [3.05, 3.63) is 21.3 Å². The molecular weight excluding hydrogens is 284 g/mol. The lowest BCUT2D eigenvalue weighted by atomic mass is 9.91. The maximum atomic E-state index is 12.6. The number of nitrogens with one attached hydrogen (secondary N) is 1. The number of rotatable bonds is 1. The minimum atomic E-state index is -0.619. The molecule has 19 heavy (non-hydrogen) atoms. The van der Waals surface area contributed by atoms with Crippen LogP contribution in [0.1, 0.15) is 35.4 Å². The van der Waals surface area contributed by atoms with Crippen LogP contribution in [0.5, 0.6) is 0 Å². The molecule has 6 heteroatoms. The van der Waals surface area contributed by atoms with Gasteiger partial charge in [-0.15, -0.1) is 11.3 Å².